The van der Waals surface area contributed by atoms with Crippen LogP contribution in [0.4, 0.5) is 24.5 Å². The van der Waals surface area contributed by atoms with Crippen LogP contribution in [0.1, 0.15) is 5.56 Å². The number of hydrogen-bond acceptors (Lipinski definition) is 6. The summed E-state index contributed by atoms with van der Waals surface area (Å²) < 4.78 is 47.0. The average molecular weight is 458 g/mol. The number of benzene rings is 2. The van der Waals surface area contributed by atoms with Crippen LogP contribution < -0.4 is 10.6 Å². The number of carbonyl (C=O) groups excluding carboxylic acids is 2. The van der Waals surface area contributed by atoms with Crippen molar-refractivity contribution in [2.75, 3.05) is 30.8 Å². The maximum atomic E-state index is 12.9. The fraction of sp³-hybridized carbons (Fsp3) is 0.222. The molecule has 0 aliphatic heterocycles. The Morgan fingerprint density at radius 2 is 1.80 bits per heavy atom. The standard InChI is InChI=1S/C18H15ClF3N5O2S/c1-27(9-16(29)24-13-3-2-4-14-17(13)26-30-25-14)8-15(28)23-10-5-6-12(19)11(7-10)18(20,21)22/h2-7H,8-9H2,1H3,(H,23,28)(H,24,29). The molecule has 0 aliphatic rings. The molecule has 0 aliphatic carbocycles. The molecule has 158 valence electrons. The number of hydrogen-bond donors (Lipinski definition) is 2. The van der Waals surface area contributed by atoms with Crippen molar-refractivity contribution in [2.24, 2.45) is 0 Å². The number of anilines is 2. The van der Waals surface area contributed by atoms with E-state index in [9.17, 15) is 22.8 Å². The van der Waals surface area contributed by atoms with Gasteiger partial charge in [0.15, 0.2) is 0 Å². The lowest BCUT2D eigenvalue weighted by Gasteiger charge is -2.17. The number of nitrogens with one attached hydrogen (secondary N) is 2. The van der Waals surface area contributed by atoms with Crippen LogP contribution >= 0.6 is 23.3 Å². The van der Waals surface area contributed by atoms with E-state index in [0.717, 1.165) is 23.9 Å². The van der Waals surface area contributed by atoms with Crippen LogP contribution in [0.15, 0.2) is 36.4 Å². The van der Waals surface area contributed by atoms with E-state index in [2.05, 4.69) is 19.4 Å². The lowest BCUT2D eigenvalue weighted by molar-refractivity contribution is -0.137. The Bertz CT molecular complexity index is 1090. The molecule has 0 unspecified atom stereocenters. The SMILES string of the molecule is CN(CC(=O)Nc1ccc(Cl)c(C(F)(F)F)c1)CC(=O)Nc1cccc2nsnc12. The minimum Gasteiger partial charge on any atom is -0.325 e. The fourth-order valence-electron chi connectivity index (χ4n) is 2.66. The van der Waals surface area contributed by atoms with Gasteiger partial charge in [-0.2, -0.15) is 21.9 Å². The zero-order valence-corrected chi connectivity index (χ0v) is 17.0. The summed E-state index contributed by atoms with van der Waals surface area (Å²) in [5.74, 6) is -0.955. The first kappa shape index (κ1) is 21.9. The third-order valence-corrected chi connectivity index (χ3v) is 4.81. The van der Waals surface area contributed by atoms with E-state index in [0.29, 0.717) is 16.7 Å². The van der Waals surface area contributed by atoms with Crippen molar-refractivity contribution in [3.63, 3.8) is 0 Å². The van der Waals surface area contributed by atoms with Crippen molar-refractivity contribution >= 4 is 57.6 Å². The lowest BCUT2D eigenvalue weighted by atomic mass is 10.2. The van der Waals surface area contributed by atoms with Crippen LogP contribution in [-0.2, 0) is 15.8 Å². The zero-order valence-electron chi connectivity index (χ0n) is 15.5. The maximum absolute atomic E-state index is 12.9. The molecule has 0 fully saturated rings. The summed E-state index contributed by atoms with van der Waals surface area (Å²) in [6, 6.07) is 8.28. The number of aromatic nitrogens is 2. The van der Waals surface area contributed by atoms with Crippen LogP contribution in [0.3, 0.4) is 0 Å². The number of fused-ring (bicyclic) bond motifs is 1. The summed E-state index contributed by atoms with van der Waals surface area (Å²) >= 11 is 6.59. The number of halogens is 4. The van der Waals surface area contributed by atoms with E-state index in [1.54, 1.807) is 18.2 Å². The van der Waals surface area contributed by atoms with Crippen molar-refractivity contribution in [3.8, 4) is 0 Å². The lowest BCUT2D eigenvalue weighted by Crippen LogP contribution is -2.36. The highest BCUT2D eigenvalue weighted by atomic mass is 35.5. The van der Waals surface area contributed by atoms with Gasteiger partial charge in [0, 0.05) is 5.69 Å². The Balaban J connectivity index is 1.56. The predicted molar refractivity (Wildman–Crippen MR) is 109 cm³/mol. The first-order valence-corrected chi connectivity index (χ1v) is 9.60. The minimum atomic E-state index is -4.64. The van der Waals surface area contributed by atoms with Crippen molar-refractivity contribution in [1.29, 1.82) is 0 Å². The molecule has 1 aromatic heterocycles. The number of nitrogens with zero attached hydrogens (tertiary/aromatic N) is 3. The smallest absolute Gasteiger partial charge is 0.325 e. The summed E-state index contributed by atoms with van der Waals surface area (Å²) in [7, 11) is 1.53. The Hall–Kier alpha value is -2.76. The van der Waals surface area contributed by atoms with E-state index >= 15 is 0 Å². The molecule has 30 heavy (non-hydrogen) atoms. The molecule has 1 heterocycles. The Labute approximate surface area is 178 Å². The molecule has 0 saturated heterocycles. The summed E-state index contributed by atoms with van der Waals surface area (Å²) in [5, 5.41) is 4.62. The molecule has 0 spiro atoms. The van der Waals surface area contributed by atoms with E-state index in [-0.39, 0.29) is 24.7 Å². The highest BCUT2D eigenvalue weighted by Crippen LogP contribution is 2.36. The van der Waals surface area contributed by atoms with Crippen molar-refractivity contribution in [1.82, 2.24) is 13.6 Å². The third kappa shape index (κ3) is 5.43. The molecule has 0 atom stereocenters. The second-order valence-electron chi connectivity index (χ2n) is 6.40. The van der Waals surface area contributed by atoms with Gasteiger partial charge in [-0.25, -0.2) is 0 Å². The van der Waals surface area contributed by atoms with E-state index in [4.69, 9.17) is 11.6 Å². The monoisotopic (exact) mass is 457 g/mol. The molecule has 12 heteroatoms. The van der Waals surface area contributed by atoms with Crippen LogP contribution in [0.2, 0.25) is 5.02 Å². The van der Waals surface area contributed by atoms with Gasteiger partial charge in [-0.15, -0.1) is 0 Å². The van der Waals surface area contributed by atoms with Crippen molar-refractivity contribution in [2.45, 2.75) is 6.18 Å². The zero-order chi connectivity index (χ0) is 21.9. The number of alkyl halides is 3. The van der Waals surface area contributed by atoms with Gasteiger partial charge in [0.25, 0.3) is 0 Å². The molecule has 0 saturated carbocycles. The Kier molecular flexibility index (Phi) is 6.54. The van der Waals surface area contributed by atoms with Crippen LogP contribution in [0.25, 0.3) is 11.0 Å². The maximum Gasteiger partial charge on any atom is 0.417 e. The molecule has 7 nitrogen and oxygen atoms in total. The first-order valence-electron chi connectivity index (χ1n) is 8.50. The summed E-state index contributed by atoms with van der Waals surface area (Å²) in [6.45, 7) is -0.324. The van der Waals surface area contributed by atoms with Crippen LogP contribution in [-0.4, -0.2) is 45.6 Å². The second-order valence-corrected chi connectivity index (χ2v) is 7.33. The molecule has 2 aromatic carbocycles. The van der Waals surface area contributed by atoms with Gasteiger partial charge in [0.05, 0.1) is 41.1 Å². The van der Waals surface area contributed by atoms with E-state index < -0.39 is 22.7 Å². The van der Waals surface area contributed by atoms with Gasteiger partial charge in [0.2, 0.25) is 11.8 Å². The van der Waals surface area contributed by atoms with Gasteiger partial charge in [0.1, 0.15) is 11.0 Å². The van der Waals surface area contributed by atoms with Crippen LogP contribution in [0, 0.1) is 0 Å². The number of rotatable bonds is 6. The number of carbonyl (C=O) groups is 2. The van der Waals surface area contributed by atoms with Gasteiger partial charge in [-0.05, 0) is 37.4 Å². The summed E-state index contributed by atoms with van der Waals surface area (Å²) in [4.78, 5) is 25.8. The quantitative estimate of drug-likeness (QED) is 0.586. The molecule has 0 radical (unpaired) electrons. The Morgan fingerprint density at radius 3 is 2.50 bits per heavy atom. The first-order chi connectivity index (χ1) is 14.1. The number of amides is 2. The molecule has 2 N–H and O–H groups in total. The van der Waals surface area contributed by atoms with Gasteiger partial charge in [-0.3, -0.25) is 14.5 Å². The highest BCUT2D eigenvalue weighted by molar-refractivity contribution is 7.00. The molecule has 3 rings (SSSR count). The van der Waals surface area contributed by atoms with Crippen molar-refractivity contribution in [3.05, 3.63) is 47.0 Å². The van der Waals surface area contributed by atoms with Crippen LogP contribution in [0.5, 0.6) is 0 Å². The van der Waals surface area contributed by atoms with Gasteiger partial charge < -0.3 is 10.6 Å². The largest absolute Gasteiger partial charge is 0.417 e. The molecular formula is C18H15ClF3N5O2S. The molecule has 0 bridgehead atoms. The van der Waals surface area contributed by atoms with E-state index in [1.165, 1.54) is 18.0 Å². The van der Waals surface area contributed by atoms with Gasteiger partial charge >= 0.3 is 6.18 Å². The molecule has 2 amide bonds. The minimum absolute atomic E-state index is 0.0442. The topological polar surface area (TPSA) is 87.2 Å². The molecule has 3 aromatic rings. The third-order valence-electron chi connectivity index (χ3n) is 3.94. The second kappa shape index (κ2) is 8.94. The normalized spacial score (nSPS) is 11.7. The summed E-state index contributed by atoms with van der Waals surface area (Å²) in [6.07, 6.45) is -4.64. The fourth-order valence-corrected chi connectivity index (χ4v) is 3.44. The Morgan fingerprint density at radius 1 is 1.10 bits per heavy atom. The highest BCUT2D eigenvalue weighted by Gasteiger charge is 2.33. The van der Waals surface area contributed by atoms with Crippen molar-refractivity contribution < 1.29 is 22.8 Å². The van der Waals surface area contributed by atoms with Gasteiger partial charge in [-0.1, -0.05) is 17.7 Å². The predicted octanol–water partition coefficient (Wildman–Crippen LogP) is 3.87. The number of likely N-dealkylation sites (N-methyl/N-ethyl adjacent to an activating group) is 1. The average Bonchev–Trinajstić information content (AvgIpc) is 3.12. The molecular weight excluding hydrogens is 443 g/mol. The van der Waals surface area contributed by atoms with E-state index in [1.807, 2.05) is 0 Å². The summed E-state index contributed by atoms with van der Waals surface area (Å²) in [5.41, 5.74) is 0.647.